The molecule has 0 amide bonds. The van der Waals surface area contributed by atoms with Gasteiger partial charge >= 0.3 is 5.97 Å². The van der Waals surface area contributed by atoms with Crippen LogP contribution < -0.4 is 0 Å². The van der Waals surface area contributed by atoms with Gasteiger partial charge in [0.05, 0.1) is 19.1 Å². The molecule has 0 spiro atoms. The molecule has 0 aliphatic carbocycles. The summed E-state index contributed by atoms with van der Waals surface area (Å²) in [5, 5.41) is 0. The zero-order valence-corrected chi connectivity index (χ0v) is 8.94. The summed E-state index contributed by atoms with van der Waals surface area (Å²) >= 11 is 0. The van der Waals surface area contributed by atoms with Crippen LogP contribution in [0.4, 0.5) is 0 Å². The Kier molecular flexibility index (Phi) is 3.97. The first-order chi connectivity index (χ1) is 7.36. The van der Waals surface area contributed by atoms with Crippen LogP contribution in [0.2, 0.25) is 0 Å². The topological polar surface area (TPSA) is 44.8 Å². The van der Waals surface area contributed by atoms with Crippen LogP contribution in [0, 0.1) is 5.92 Å². The second-order valence-corrected chi connectivity index (χ2v) is 4.14. The van der Waals surface area contributed by atoms with Crippen LogP contribution in [0.5, 0.6) is 0 Å². The number of hydrogen-bond donors (Lipinski definition) is 0. The zero-order chi connectivity index (χ0) is 10.5. The van der Waals surface area contributed by atoms with E-state index in [2.05, 4.69) is 0 Å². The van der Waals surface area contributed by atoms with Gasteiger partial charge in [-0.15, -0.1) is 0 Å². The van der Waals surface area contributed by atoms with Gasteiger partial charge in [-0.1, -0.05) is 0 Å². The molecule has 0 aromatic carbocycles. The third-order valence-corrected chi connectivity index (χ3v) is 3.01. The van der Waals surface area contributed by atoms with Gasteiger partial charge in [-0.3, -0.25) is 4.79 Å². The molecule has 86 valence electrons. The number of carbonyl (C=O) groups is 1. The van der Waals surface area contributed by atoms with Crippen molar-refractivity contribution in [1.82, 2.24) is 0 Å². The predicted molar refractivity (Wildman–Crippen MR) is 53.5 cm³/mol. The van der Waals surface area contributed by atoms with Crippen LogP contribution >= 0.6 is 0 Å². The second-order valence-electron chi connectivity index (χ2n) is 4.14. The molecular formula is C11H18O4. The minimum Gasteiger partial charge on any atom is -0.462 e. The molecule has 0 N–H and O–H groups in total. The maximum absolute atomic E-state index is 11.7. The van der Waals surface area contributed by atoms with Gasteiger partial charge in [0.2, 0.25) is 0 Å². The molecule has 4 heteroatoms. The summed E-state index contributed by atoms with van der Waals surface area (Å²) < 4.78 is 15.9. The van der Waals surface area contributed by atoms with E-state index >= 15 is 0 Å². The van der Waals surface area contributed by atoms with Crippen molar-refractivity contribution in [3.05, 3.63) is 0 Å². The minimum atomic E-state index is -0.0369. The predicted octanol–water partition coefficient (Wildman–Crippen LogP) is 1.14. The van der Waals surface area contributed by atoms with Crippen LogP contribution in [0.15, 0.2) is 0 Å². The van der Waals surface area contributed by atoms with Crippen LogP contribution in [-0.2, 0) is 19.0 Å². The molecule has 0 unspecified atom stereocenters. The lowest BCUT2D eigenvalue weighted by molar-refractivity contribution is -0.161. The summed E-state index contributed by atoms with van der Waals surface area (Å²) in [6, 6.07) is 0. The van der Waals surface area contributed by atoms with E-state index in [0.29, 0.717) is 26.4 Å². The molecule has 0 atom stereocenters. The van der Waals surface area contributed by atoms with Gasteiger partial charge in [0.15, 0.2) is 0 Å². The molecular weight excluding hydrogens is 196 g/mol. The molecule has 2 fully saturated rings. The Balaban J connectivity index is 1.74. The van der Waals surface area contributed by atoms with E-state index in [-0.39, 0.29) is 18.0 Å². The second kappa shape index (κ2) is 5.47. The van der Waals surface area contributed by atoms with E-state index in [0.717, 1.165) is 25.7 Å². The molecule has 2 aliphatic rings. The molecule has 4 nitrogen and oxygen atoms in total. The Hall–Kier alpha value is -0.610. The van der Waals surface area contributed by atoms with Crippen molar-refractivity contribution in [1.29, 1.82) is 0 Å². The standard InChI is InChI=1S/C11H18O4/c12-11(9-1-5-13-6-2-9)15-10-3-7-14-8-4-10/h9-10H,1-8H2. The smallest absolute Gasteiger partial charge is 0.309 e. The number of hydrogen-bond acceptors (Lipinski definition) is 4. The SMILES string of the molecule is O=C(OC1CCOCC1)C1CCOCC1. The molecule has 15 heavy (non-hydrogen) atoms. The molecule has 2 saturated heterocycles. The lowest BCUT2D eigenvalue weighted by Crippen LogP contribution is -2.31. The average Bonchev–Trinajstić information content (AvgIpc) is 2.31. The summed E-state index contributed by atoms with van der Waals surface area (Å²) in [7, 11) is 0. The van der Waals surface area contributed by atoms with Crippen LogP contribution in [0.1, 0.15) is 25.7 Å². The van der Waals surface area contributed by atoms with Gasteiger partial charge in [0.1, 0.15) is 6.10 Å². The Bertz CT molecular complexity index is 205. The van der Waals surface area contributed by atoms with Gasteiger partial charge in [-0.2, -0.15) is 0 Å². The molecule has 0 saturated carbocycles. The molecule has 0 aromatic heterocycles. The van der Waals surface area contributed by atoms with Gasteiger partial charge in [-0.25, -0.2) is 0 Å². The minimum absolute atomic E-state index is 0.0369. The van der Waals surface area contributed by atoms with Crippen molar-refractivity contribution in [2.45, 2.75) is 31.8 Å². The van der Waals surface area contributed by atoms with Crippen LogP contribution in [0.3, 0.4) is 0 Å². The molecule has 0 bridgehead atoms. The normalized spacial score (nSPS) is 25.1. The van der Waals surface area contributed by atoms with Crippen molar-refractivity contribution in [2.24, 2.45) is 5.92 Å². The maximum atomic E-state index is 11.7. The van der Waals surface area contributed by atoms with Crippen LogP contribution in [-0.4, -0.2) is 38.5 Å². The van der Waals surface area contributed by atoms with Gasteiger partial charge in [-0.05, 0) is 12.8 Å². The summed E-state index contributed by atoms with van der Waals surface area (Å²) in [6.45, 7) is 2.80. The Morgan fingerprint density at radius 2 is 1.47 bits per heavy atom. The lowest BCUT2D eigenvalue weighted by Gasteiger charge is -2.26. The molecule has 2 rings (SSSR count). The van der Waals surface area contributed by atoms with Crippen molar-refractivity contribution in [2.75, 3.05) is 26.4 Å². The van der Waals surface area contributed by atoms with E-state index in [9.17, 15) is 4.79 Å². The Labute approximate surface area is 89.9 Å². The highest BCUT2D eigenvalue weighted by atomic mass is 16.6. The third-order valence-electron chi connectivity index (χ3n) is 3.01. The third kappa shape index (κ3) is 3.18. The first-order valence-corrected chi connectivity index (χ1v) is 5.72. The lowest BCUT2D eigenvalue weighted by atomic mass is 10.0. The van der Waals surface area contributed by atoms with Crippen molar-refractivity contribution in [3.8, 4) is 0 Å². The van der Waals surface area contributed by atoms with Crippen LogP contribution in [0.25, 0.3) is 0 Å². The zero-order valence-electron chi connectivity index (χ0n) is 8.94. The number of carbonyl (C=O) groups excluding carboxylic acids is 1. The molecule has 2 aliphatic heterocycles. The van der Waals surface area contributed by atoms with Gasteiger partial charge in [0.25, 0.3) is 0 Å². The highest BCUT2D eigenvalue weighted by molar-refractivity contribution is 5.72. The van der Waals surface area contributed by atoms with E-state index in [1.165, 1.54) is 0 Å². The Morgan fingerprint density at radius 1 is 0.933 bits per heavy atom. The quantitative estimate of drug-likeness (QED) is 0.646. The summed E-state index contributed by atoms with van der Waals surface area (Å²) in [5.41, 5.74) is 0. The Morgan fingerprint density at radius 3 is 2.07 bits per heavy atom. The molecule has 2 heterocycles. The van der Waals surface area contributed by atoms with Gasteiger partial charge < -0.3 is 14.2 Å². The fourth-order valence-corrected chi connectivity index (χ4v) is 1.99. The van der Waals surface area contributed by atoms with Crippen molar-refractivity contribution >= 4 is 5.97 Å². The van der Waals surface area contributed by atoms with Gasteiger partial charge in [0, 0.05) is 26.1 Å². The fourth-order valence-electron chi connectivity index (χ4n) is 1.99. The highest BCUT2D eigenvalue weighted by Crippen LogP contribution is 2.19. The highest BCUT2D eigenvalue weighted by Gasteiger charge is 2.26. The first-order valence-electron chi connectivity index (χ1n) is 5.72. The van der Waals surface area contributed by atoms with Crippen molar-refractivity contribution < 1.29 is 19.0 Å². The van der Waals surface area contributed by atoms with E-state index in [1.54, 1.807) is 0 Å². The van der Waals surface area contributed by atoms with E-state index in [4.69, 9.17) is 14.2 Å². The summed E-state index contributed by atoms with van der Waals surface area (Å²) in [6.07, 6.45) is 3.38. The largest absolute Gasteiger partial charge is 0.462 e. The van der Waals surface area contributed by atoms with E-state index in [1.807, 2.05) is 0 Å². The van der Waals surface area contributed by atoms with Crippen molar-refractivity contribution in [3.63, 3.8) is 0 Å². The van der Waals surface area contributed by atoms with E-state index < -0.39 is 0 Å². The number of ether oxygens (including phenoxy) is 3. The monoisotopic (exact) mass is 214 g/mol. The first kappa shape index (κ1) is 10.9. The fraction of sp³-hybridized carbons (Fsp3) is 0.909. The summed E-state index contributed by atoms with van der Waals surface area (Å²) in [5.74, 6) is 0.0202. The number of rotatable bonds is 2. The summed E-state index contributed by atoms with van der Waals surface area (Å²) in [4.78, 5) is 11.7. The maximum Gasteiger partial charge on any atom is 0.309 e. The number of esters is 1. The average molecular weight is 214 g/mol. The molecule has 0 radical (unpaired) electrons. The molecule has 0 aromatic rings.